The van der Waals surface area contributed by atoms with Crippen LogP contribution in [-0.2, 0) is 6.42 Å². The lowest BCUT2D eigenvalue weighted by molar-refractivity contribution is 0.599. The number of nitrogens with one attached hydrogen (secondary N) is 1. The van der Waals surface area contributed by atoms with E-state index in [-0.39, 0.29) is 0 Å². The largest absolute Gasteiger partial charge is 0.360 e. The van der Waals surface area contributed by atoms with Crippen LogP contribution in [0.25, 0.3) is 16.5 Å². The Labute approximate surface area is 110 Å². The molecule has 18 heavy (non-hydrogen) atoms. The van der Waals surface area contributed by atoms with Crippen LogP contribution in [0.4, 0.5) is 0 Å². The molecule has 1 aromatic carbocycles. The molecule has 96 valence electrons. The van der Waals surface area contributed by atoms with Gasteiger partial charge >= 0.3 is 0 Å². The normalized spacial score (nSPS) is 11.3. The van der Waals surface area contributed by atoms with Crippen LogP contribution >= 0.6 is 0 Å². The number of hydrogen-bond acceptors (Lipinski definition) is 0. The predicted molar refractivity (Wildman–Crippen MR) is 80.8 cm³/mol. The molecule has 0 aliphatic heterocycles. The third-order valence-electron chi connectivity index (χ3n) is 3.59. The second kappa shape index (κ2) is 5.43. The molecule has 0 saturated heterocycles. The second-order valence-corrected chi connectivity index (χ2v) is 5.43. The number of H-pyrrole nitrogens is 1. The lowest BCUT2D eigenvalue weighted by Crippen LogP contribution is -1.89. The maximum Gasteiger partial charge on any atom is 0.0492 e. The van der Waals surface area contributed by atoms with Gasteiger partial charge in [-0.2, -0.15) is 0 Å². The van der Waals surface area contributed by atoms with Gasteiger partial charge in [0, 0.05) is 22.7 Å². The maximum absolute atomic E-state index is 4.25. The predicted octanol–water partition coefficient (Wildman–Crippen LogP) is 5.18. The molecular formula is C17H23N. The highest BCUT2D eigenvalue weighted by molar-refractivity contribution is 5.93. The van der Waals surface area contributed by atoms with Crippen molar-refractivity contribution in [1.82, 2.24) is 4.98 Å². The Bertz CT molecular complexity index is 546. The van der Waals surface area contributed by atoms with Gasteiger partial charge in [0.1, 0.15) is 0 Å². The molecule has 0 unspecified atom stereocenters. The monoisotopic (exact) mass is 241 g/mol. The molecule has 1 N–H and O–H groups in total. The van der Waals surface area contributed by atoms with Crippen molar-refractivity contribution in [3.63, 3.8) is 0 Å². The summed E-state index contributed by atoms with van der Waals surface area (Å²) in [5.74, 6) is 0.734. The molecule has 0 spiro atoms. The summed E-state index contributed by atoms with van der Waals surface area (Å²) in [6.07, 6.45) is 5.47. The zero-order chi connectivity index (χ0) is 13.1. The first-order chi connectivity index (χ1) is 8.63. The lowest BCUT2D eigenvalue weighted by atomic mass is 9.97. The first kappa shape index (κ1) is 12.9. The molecule has 0 aliphatic carbocycles. The highest BCUT2D eigenvalue weighted by Crippen LogP contribution is 2.29. The summed E-state index contributed by atoms with van der Waals surface area (Å²) in [6.45, 7) is 11.0. The van der Waals surface area contributed by atoms with Gasteiger partial charge in [-0.25, -0.2) is 0 Å². The molecule has 0 radical (unpaired) electrons. The van der Waals surface area contributed by atoms with E-state index in [1.165, 1.54) is 34.0 Å². The van der Waals surface area contributed by atoms with Gasteiger partial charge in [-0.05, 0) is 36.3 Å². The van der Waals surface area contributed by atoms with Crippen LogP contribution in [0.15, 0.2) is 31.0 Å². The molecule has 0 aliphatic rings. The number of aromatic nitrogens is 1. The van der Waals surface area contributed by atoms with Crippen LogP contribution < -0.4 is 0 Å². The molecule has 0 fully saturated rings. The minimum absolute atomic E-state index is 0.734. The molecule has 1 heteroatoms. The zero-order valence-corrected chi connectivity index (χ0v) is 11.7. The van der Waals surface area contributed by atoms with Crippen LogP contribution in [0.5, 0.6) is 0 Å². The number of rotatable bonds is 5. The Balaban J connectivity index is 2.32. The van der Waals surface area contributed by atoms with Crippen molar-refractivity contribution in [1.29, 1.82) is 0 Å². The third kappa shape index (κ3) is 2.50. The van der Waals surface area contributed by atoms with Crippen LogP contribution in [0.3, 0.4) is 0 Å². The number of aromatic amines is 1. The molecule has 1 aromatic heterocycles. The molecule has 0 amide bonds. The average molecular weight is 241 g/mol. The highest BCUT2D eigenvalue weighted by atomic mass is 14.7. The van der Waals surface area contributed by atoms with Crippen molar-refractivity contribution in [2.45, 2.75) is 40.0 Å². The first-order valence-electron chi connectivity index (χ1n) is 6.90. The van der Waals surface area contributed by atoms with Gasteiger partial charge in [0.2, 0.25) is 0 Å². The Morgan fingerprint density at radius 2 is 2.11 bits per heavy atom. The van der Waals surface area contributed by atoms with E-state index in [4.69, 9.17) is 0 Å². The van der Waals surface area contributed by atoms with E-state index >= 15 is 0 Å². The molecule has 1 nitrogen and oxygen atoms in total. The molecular weight excluding hydrogens is 218 g/mol. The third-order valence-corrected chi connectivity index (χ3v) is 3.59. The molecule has 0 atom stereocenters. The molecule has 0 bridgehead atoms. The van der Waals surface area contributed by atoms with Crippen molar-refractivity contribution in [3.8, 4) is 0 Å². The smallest absolute Gasteiger partial charge is 0.0492 e. The second-order valence-electron chi connectivity index (χ2n) is 5.43. The van der Waals surface area contributed by atoms with Crippen molar-refractivity contribution < 1.29 is 0 Å². The van der Waals surface area contributed by atoms with Crippen LogP contribution in [0, 0.1) is 5.92 Å². The van der Waals surface area contributed by atoms with E-state index in [1.54, 1.807) is 0 Å². The number of para-hydroxylation sites is 1. The van der Waals surface area contributed by atoms with Gasteiger partial charge in [0.05, 0.1) is 0 Å². The average Bonchev–Trinajstić information content (AvgIpc) is 2.79. The summed E-state index contributed by atoms with van der Waals surface area (Å²) in [7, 11) is 0. The minimum Gasteiger partial charge on any atom is -0.360 e. The zero-order valence-electron chi connectivity index (χ0n) is 11.7. The first-order valence-corrected chi connectivity index (χ1v) is 6.90. The van der Waals surface area contributed by atoms with Crippen LogP contribution in [-0.4, -0.2) is 4.98 Å². The fraction of sp³-hybridized carbons (Fsp3) is 0.412. The highest BCUT2D eigenvalue weighted by Gasteiger charge is 2.09. The van der Waals surface area contributed by atoms with Crippen molar-refractivity contribution in [3.05, 3.63) is 42.1 Å². The summed E-state index contributed by atoms with van der Waals surface area (Å²) >= 11 is 0. The van der Waals surface area contributed by atoms with Gasteiger partial charge in [-0.3, -0.25) is 0 Å². The van der Waals surface area contributed by atoms with E-state index in [0.29, 0.717) is 0 Å². The van der Waals surface area contributed by atoms with E-state index < -0.39 is 0 Å². The number of benzene rings is 1. The summed E-state index contributed by atoms with van der Waals surface area (Å²) < 4.78 is 0. The molecule has 2 aromatic rings. The summed E-state index contributed by atoms with van der Waals surface area (Å²) in [5.41, 5.74) is 5.21. The Kier molecular flexibility index (Phi) is 3.90. The van der Waals surface area contributed by atoms with Crippen LogP contribution in [0.2, 0.25) is 0 Å². The molecule has 0 saturated carbocycles. The Morgan fingerprint density at radius 3 is 2.78 bits per heavy atom. The summed E-state index contributed by atoms with van der Waals surface area (Å²) in [6, 6.07) is 6.54. The summed E-state index contributed by atoms with van der Waals surface area (Å²) in [4.78, 5) is 3.42. The van der Waals surface area contributed by atoms with E-state index in [2.05, 4.69) is 56.7 Å². The molecule has 1 heterocycles. The Morgan fingerprint density at radius 1 is 1.33 bits per heavy atom. The number of hydrogen-bond donors (Lipinski definition) is 1. The SMILES string of the molecule is C=C(CCC(C)C)c1c[nH]c2c(CC)cccc12. The quantitative estimate of drug-likeness (QED) is 0.742. The van der Waals surface area contributed by atoms with Gasteiger partial charge < -0.3 is 4.98 Å². The van der Waals surface area contributed by atoms with E-state index in [9.17, 15) is 0 Å². The van der Waals surface area contributed by atoms with E-state index in [1.807, 2.05) is 0 Å². The standard InChI is InChI=1S/C17H23N/c1-5-14-7-6-8-15-16(11-18-17(14)15)13(4)10-9-12(2)3/h6-8,11-12,18H,4-5,9-10H2,1-3H3. The topological polar surface area (TPSA) is 15.8 Å². The minimum atomic E-state index is 0.734. The van der Waals surface area contributed by atoms with E-state index in [0.717, 1.165) is 18.8 Å². The Hall–Kier alpha value is -1.50. The van der Waals surface area contributed by atoms with Gasteiger partial charge in [0.25, 0.3) is 0 Å². The summed E-state index contributed by atoms with van der Waals surface area (Å²) in [5, 5.41) is 1.32. The van der Waals surface area contributed by atoms with Gasteiger partial charge in [0.15, 0.2) is 0 Å². The maximum atomic E-state index is 4.25. The lowest BCUT2D eigenvalue weighted by Gasteiger charge is -2.07. The van der Waals surface area contributed by atoms with Gasteiger partial charge in [-0.1, -0.05) is 45.5 Å². The molecule has 2 rings (SSSR count). The van der Waals surface area contributed by atoms with Crippen LogP contribution in [0.1, 0.15) is 44.7 Å². The fourth-order valence-electron chi connectivity index (χ4n) is 2.40. The number of aryl methyl sites for hydroxylation is 1. The van der Waals surface area contributed by atoms with Crippen molar-refractivity contribution in [2.24, 2.45) is 5.92 Å². The van der Waals surface area contributed by atoms with Crippen molar-refractivity contribution >= 4 is 16.5 Å². The number of fused-ring (bicyclic) bond motifs is 1. The number of allylic oxidation sites excluding steroid dienone is 1. The van der Waals surface area contributed by atoms with Gasteiger partial charge in [-0.15, -0.1) is 0 Å². The fourth-order valence-corrected chi connectivity index (χ4v) is 2.40. The van der Waals surface area contributed by atoms with Crippen molar-refractivity contribution in [2.75, 3.05) is 0 Å².